The zero-order valence-corrected chi connectivity index (χ0v) is 7.75. The Morgan fingerprint density at radius 2 is 1.56 bits per heavy atom. The smallest absolute Gasteiger partial charge is 0.328 e. The molecular formula is C8H5F6NO. The molecule has 90 valence electrons. The number of alkyl halides is 6. The van der Waals surface area contributed by atoms with Crippen molar-refractivity contribution in [1.29, 1.82) is 0 Å². The van der Waals surface area contributed by atoms with Crippen molar-refractivity contribution in [1.82, 2.24) is 4.98 Å². The Morgan fingerprint density at radius 1 is 1.06 bits per heavy atom. The van der Waals surface area contributed by atoms with Gasteiger partial charge in [0.15, 0.2) is 0 Å². The number of H-pyrrole nitrogens is 1. The minimum absolute atomic E-state index is 0.0259. The number of pyridine rings is 1. The molecule has 0 atom stereocenters. The molecule has 1 heterocycles. The van der Waals surface area contributed by atoms with Crippen LogP contribution >= 0.6 is 0 Å². The van der Waals surface area contributed by atoms with Gasteiger partial charge in [-0.05, 0) is 6.92 Å². The van der Waals surface area contributed by atoms with Crippen LogP contribution in [0.3, 0.4) is 0 Å². The van der Waals surface area contributed by atoms with Crippen LogP contribution in [0.25, 0.3) is 0 Å². The van der Waals surface area contributed by atoms with E-state index in [9.17, 15) is 31.1 Å². The van der Waals surface area contributed by atoms with E-state index in [0.717, 1.165) is 0 Å². The molecule has 1 rings (SSSR count). The van der Waals surface area contributed by atoms with Crippen molar-refractivity contribution in [3.63, 3.8) is 0 Å². The van der Waals surface area contributed by atoms with Crippen molar-refractivity contribution in [2.75, 3.05) is 0 Å². The first kappa shape index (κ1) is 12.6. The minimum atomic E-state index is -5.22. The summed E-state index contributed by atoms with van der Waals surface area (Å²) in [6.07, 6.45) is -10.4. The largest absolute Gasteiger partial charge is 0.418 e. The second kappa shape index (κ2) is 3.53. The normalized spacial score (nSPS) is 12.9. The van der Waals surface area contributed by atoms with Crippen LogP contribution in [-0.4, -0.2) is 4.98 Å². The molecule has 2 nitrogen and oxygen atoms in total. The first-order chi connectivity index (χ1) is 7.05. The van der Waals surface area contributed by atoms with Gasteiger partial charge in [0.25, 0.3) is 5.56 Å². The quantitative estimate of drug-likeness (QED) is 0.700. The first-order valence-electron chi connectivity index (χ1n) is 3.92. The lowest BCUT2D eigenvalue weighted by Gasteiger charge is -2.16. The van der Waals surface area contributed by atoms with Gasteiger partial charge in [0.2, 0.25) is 0 Å². The molecule has 0 bridgehead atoms. The highest BCUT2D eigenvalue weighted by Crippen LogP contribution is 2.40. The molecule has 0 amide bonds. The molecule has 1 N–H and O–H groups in total. The van der Waals surface area contributed by atoms with E-state index in [-0.39, 0.29) is 6.20 Å². The van der Waals surface area contributed by atoms with Crippen LogP contribution in [0.4, 0.5) is 26.3 Å². The molecule has 1 aromatic heterocycles. The number of nitrogens with one attached hydrogen (secondary N) is 1. The molecule has 0 radical (unpaired) electrons. The fourth-order valence-electron chi connectivity index (χ4n) is 1.22. The Balaban J connectivity index is 3.66. The summed E-state index contributed by atoms with van der Waals surface area (Å²) in [5, 5.41) is 0. The van der Waals surface area contributed by atoms with Gasteiger partial charge in [-0.25, -0.2) is 0 Å². The Hall–Kier alpha value is -1.47. The zero-order valence-electron chi connectivity index (χ0n) is 7.75. The highest BCUT2D eigenvalue weighted by atomic mass is 19.4. The number of aromatic nitrogens is 1. The third kappa shape index (κ3) is 2.20. The third-order valence-electron chi connectivity index (χ3n) is 1.92. The zero-order chi connectivity index (χ0) is 12.7. The predicted molar refractivity (Wildman–Crippen MR) is 41.8 cm³/mol. The number of hydrogen-bond acceptors (Lipinski definition) is 1. The summed E-state index contributed by atoms with van der Waals surface area (Å²) >= 11 is 0. The Kier molecular flexibility index (Phi) is 2.78. The molecule has 0 fully saturated rings. The molecule has 0 saturated carbocycles. The van der Waals surface area contributed by atoms with Crippen molar-refractivity contribution in [2.24, 2.45) is 0 Å². The average Bonchev–Trinajstić information content (AvgIpc) is 2.05. The third-order valence-corrected chi connectivity index (χ3v) is 1.92. The van der Waals surface area contributed by atoms with E-state index in [4.69, 9.17) is 0 Å². The number of aromatic amines is 1. The van der Waals surface area contributed by atoms with Gasteiger partial charge in [0.1, 0.15) is 0 Å². The maximum Gasteiger partial charge on any atom is 0.418 e. The van der Waals surface area contributed by atoms with Crippen molar-refractivity contribution in [3.8, 4) is 0 Å². The molecule has 0 aliphatic rings. The van der Waals surface area contributed by atoms with Gasteiger partial charge in [0.05, 0.1) is 11.1 Å². The molecule has 0 aliphatic heterocycles. The summed E-state index contributed by atoms with van der Waals surface area (Å²) in [5.74, 6) is 0. The van der Waals surface area contributed by atoms with Gasteiger partial charge >= 0.3 is 12.4 Å². The standard InChI is InChI=1S/C8H5F6NO/c1-3-5(8(12,13)14)4(7(9,10)11)2-15-6(3)16/h2H,1H3,(H,15,16). The predicted octanol–water partition coefficient (Wildman–Crippen LogP) is 2.72. The molecular weight excluding hydrogens is 240 g/mol. The van der Waals surface area contributed by atoms with Crippen LogP contribution in [0.5, 0.6) is 0 Å². The molecule has 16 heavy (non-hydrogen) atoms. The molecule has 1 aromatic rings. The van der Waals surface area contributed by atoms with Gasteiger partial charge in [0, 0.05) is 11.8 Å². The lowest BCUT2D eigenvalue weighted by Crippen LogP contribution is -2.24. The second-order valence-electron chi connectivity index (χ2n) is 3.03. The summed E-state index contributed by atoms with van der Waals surface area (Å²) in [6.45, 7) is 0.691. The van der Waals surface area contributed by atoms with E-state index in [1.165, 1.54) is 0 Å². The monoisotopic (exact) mass is 245 g/mol. The Bertz CT molecular complexity index is 455. The fraction of sp³-hybridized carbons (Fsp3) is 0.375. The van der Waals surface area contributed by atoms with Gasteiger partial charge < -0.3 is 4.98 Å². The van der Waals surface area contributed by atoms with Crippen molar-refractivity contribution >= 4 is 0 Å². The fourth-order valence-corrected chi connectivity index (χ4v) is 1.22. The van der Waals surface area contributed by atoms with Gasteiger partial charge in [-0.15, -0.1) is 0 Å². The van der Waals surface area contributed by atoms with E-state index >= 15 is 0 Å². The molecule has 0 unspecified atom stereocenters. The Morgan fingerprint density at radius 3 is 1.94 bits per heavy atom. The summed E-state index contributed by atoms with van der Waals surface area (Å²) in [4.78, 5) is 12.5. The lowest BCUT2D eigenvalue weighted by molar-refractivity contribution is -0.162. The average molecular weight is 245 g/mol. The SMILES string of the molecule is Cc1c(C(F)(F)F)c(C(F)(F)F)c[nH]c1=O. The summed E-state index contributed by atoms with van der Waals surface area (Å²) in [6, 6.07) is 0. The summed E-state index contributed by atoms with van der Waals surface area (Å²) in [5.41, 5.74) is -6.02. The van der Waals surface area contributed by atoms with E-state index < -0.39 is 34.6 Å². The van der Waals surface area contributed by atoms with E-state index in [0.29, 0.717) is 6.92 Å². The maximum atomic E-state index is 12.4. The van der Waals surface area contributed by atoms with Crippen LogP contribution in [0.2, 0.25) is 0 Å². The van der Waals surface area contributed by atoms with Crippen molar-refractivity contribution < 1.29 is 26.3 Å². The van der Waals surface area contributed by atoms with Crippen molar-refractivity contribution in [2.45, 2.75) is 19.3 Å². The van der Waals surface area contributed by atoms with Gasteiger partial charge in [-0.1, -0.05) is 0 Å². The van der Waals surface area contributed by atoms with Crippen LogP contribution in [0, 0.1) is 6.92 Å². The minimum Gasteiger partial charge on any atom is -0.328 e. The Labute approximate surface area is 84.9 Å². The topological polar surface area (TPSA) is 32.9 Å². The highest BCUT2D eigenvalue weighted by molar-refractivity contribution is 5.35. The molecule has 0 aliphatic carbocycles. The first-order valence-corrected chi connectivity index (χ1v) is 3.92. The van der Waals surface area contributed by atoms with Gasteiger partial charge in [-0.3, -0.25) is 4.79 Å². The number of halogens is 6. The van der Waals surface area contributed by atoms with E-state index in [1.54, 1.807) is 4.98 Å². The van der Waals surface area contributed by atoms with Crippen LogP contribution in [0.1, 0.15) is 16.7 Å². The molecule has 8 heteroatoms. The van der Waals surface area contributed by atoms with Crippen LogP contribution in [0.15, 0.2) is 11.0 Å². The van der Waals surface area contributed by atoms with Gasteiger partial charge in [-0.2, -0.15) is 26.3 Å². The number of rotatable bonds is 0. The second-order valence-corrected chi connectivity index (χ2v) is 3.03. The molecule has 0 spiro atoms. The lowest BCUT2D eigenvalue weighted by atomic mass is 10.0. The van der Waals surface area contributed by atoms with Crippen LogP contribution in [-0.2, 0) is 12.4 Å². The van der Waals surface area contributed by atoms with Crippen molar-refractivity contribution in [3.05, 3.63) is 33.2 Å². The summed E-state index contributed by atoms with van der Waals surface area (Å²) in [7, 11) is 0. The summed E-state index contributed by atoms with van der Waals surface area (Å²) < 4.78 is 73.9. The molecule has 0 saturated heterocycles. The van der Waals surface area contributed by atoms with E-state index in [1.807, 2.05) is 0 Å². The number of hydrogen-bond donors (Lipinski definition) is 1. The highest BCUT2D eigenvalue weighted by Gasteiger charge is 2.44. The molecule has 0 aromatic carbocycles. The van der Waals surface area contributed by atoms with Crippen LogP contribution < -0.4 is 5.56 Å². The van der Waals surface area contributed by atoms with E-state index in [2.05, 4.69) is 0 Å². The maximum absolute atomic E-state index is 12.4.